The molecule has 0 saturated heterocycles. The van der Waals surface area contributed by atoms with Crippen LogP contribution in [0, 0.1) is 5.92 Å². The molecule has 1 unspecified atom stereocenters. The average molecular weight is 568 g/mol. The van der Waals surface area contributed by atoms with Gasteiger partial charge in [0.15, 0.2) is 0 Å². The summed E-state index contributed by atoms with van der Waals surface area (Å²) in [7, 11) is 3.44. The monoisotopic (exact) mass is 566 g/mol. The van der Waals surface area contributed by atoms with E-state index in [0.29, 0.717) is 3.74 Å². The molecule has 0 aliphatic carbocycles. The zero-order valence-corrected chi connectivity index (χ0v) is 23.0. The Morgan fingerprint density at radius 1 is 0.562 bits per heavy atom. The molecule has 0 spiro atoms. The molecule has 0 aliphatic rings. The summed E-state index contributed by atoms with van der Waals surface area (Å²) in [5, 5.41) is 0. The van der Waals surface area contributed by atoms with Crippen LogP contribution in [0.15, 0.2) is 48.5 Å². The summed E-state index contributed by atoms with van der Waals surface area (Å²) in [4.78, 5) is 0. The molecule has 0 bridgehead atoms. The first-order valence-electron chi connectivity index (χ1n) is 12.1. The van der Waals surface area contributed by atoms with Crippen LogP contribution in [0.1, 0.15) is 75.3 Å². The molecule has 0 N–H and O–H groups in total. The van der Waals surface area contributed by atoms with Crippen molar-refractivity contribution in [3.63, 3.8) is 0 Å². The quantitative estimate of drug-likeness (QED) is 0.140. The van der Waals surface area contributed by atoms with Gasteiger partial charge < -0.3 is 9.47 Å². The predicted molar refractivity (Wildman–Crippen MR) is 145 cm³/mol. The SMILES string of the molecule is COc1ccc(CCCCCCC(CCCCc2ccc(OC)cc2)CCC(Br)Br)cc1. The number of hydrogen-bond acceptors (Lipinski definition) is 2. The van der Waals surface area contributed by atoms with Crippen molar-refractivity contribution in [2.75, 3.05) is 14.2 Å². The second-order valence-corrected chi connectivity index (χ2v) is 12.2. The highest BCUT2D eigenvalue weighted by Gasteiger charge is 2.11. The van der Waals surface area contributed by atoms with Crippen LogP contribution in [0.5, 0.6) is 11.5 Å². The summed E-state index contributed by atoms with van der Waals surface area (Å²) in [5.74, 6) is 2.74. The number of rotatable bonds is 17. The molecular formula is C28H40Br2O2. The Kier molecular flexibility index (Phi) is 14.1. The lowest BCUT2D eigenvalue weighted by atomic mass is 9.90. The van der Waals surface area contributed by atoms with Crippen molar-refractivity contribution in [3.05, 3.63) is 59.7 Å². The van der Waals surface area contributed by atoms with Crippen molar-refractivity contribution in [2.45, 2.75) is 80.8 Å². The molecule has 0 aromatic heterocycles. The fourth-order valence-corrected chi connectivity index (χ4v) is 4.79. The van der Waals surface area contributed by atoms with Gasteiger partial charge in [-0.2, -0.15) is 0 Å². The largest absolute Gasteiger partial charge is 0.497 e. The minimum atomic E-state index is 0.446. The summed E-state index contributed by atoms with van der Waals surface area (Å²) < 4.78 is 10.9. The molecule has 32 heavy (non-hydrogen) atoms. The van der Waals surface area contributed by atoms with Crippen LogP contribution in [0.3, 0.4) is 0 Å². The number of alkyl halides is 2. The van der Waals surface area contributed by atoms with Crippen LogP contribution in [-0.2, 0) is 12.8 Å². The van der Waals surface area contributed by atoms with E-state index in [-0.39, 0.29) is 0 Å². The Morgan fingerprint density at radius 3 is 1.47 bits per heavy atom. The van der Waals surface area contributed by atoms with Gasteiger partial charge in [-0.3, -0.25) is 0 Å². The van der Waals surface area contributed by atoms with E-state index in [1.54, 1.807) is 14.2 Å². The fraction of sp³-hybridized carbons (Fsp3) is 0.571. The molecule has 0 aliphatic heterocycles. The van der Waals surface area contributed by atoms with Crippen molar-refractivity contribution < 1.29 is 9.47 Å². The normalized spacial score (nSPS) is 12.2. The van der Waals surface area contributed by atoms with E-state index in [0.717, 1.165) is 17.4 Å². The maximum Gasteiger partial charge on any atom is 0.118 e. The number of aryl methyl sites for hydroxylation is 2. The molecule has 2 aromatic rings. The van der Waals surface area contributed by atoms with Crippen molar-refractivity contribution in [1.29, 1.82) is 0 Å². The van der Waals surface area contributed by atoms with E-state index in [2.05, 4.69) is 80.4 Å². The van der Waals surface area contributed by atoms with Gasteiger partial charge in [0.2, 0.25) is 0 Å². The van der Waals surface area contributed by atoms with E-state index in [4.69, 9.17) is 9.47 Å². The number of hydrogen-bond donors (Lipinski definition) is 0. The zero-order valence-electron chi connectivity index (χ0n) is 19.8. The van der Waals surface area contributed by atoms with Crippen LogP contribution in [0.2, 0.25) is 0 Å². The molecule has 0 fully saturated rings. The Hall–Kier alpha value is -1.00. The van der Waals surface area contributed by atoms with Crippen LogP contribution in [0.25, 0.3) is 0 Å². The van der Waals surface area contributed by atoms with Crippen LogP contribution in [0.4, 0.5) is 0 Å². The first kappa shape index (κ1) is 27.2. The lowest BCUT2D eigenvalue weighted by Crippen LogP contribution is -2.03. The highest BCUT2D eigenvalue weighted by Crippen LogP contribution is 2.27. The van der Waals surface area contributed by atoms with E-state index < -0.39 is 0 Å². The molecule has 0 heterocycles. The third kappa shape index (κ3) is 11.7. The Morgan fingerprint density at radius 2 is 1.00 bits per heavy atom. The van der Waals surface area contributed by atoms with Crippen molar-refractivity contribution in [1.82, 2.24) is 0 Å². The topological polar surface area (TPSA) is 18.5 Å². The molecular weight excluding hydrogens is 528 g/mol. The Labute approximate surface area is 212 Å². The first-order chi connectivity index (χ1) is 15.6. The highest BCUT2D eigenvalue weighted by atomic mass is 79.9. The Balaban J connectivity index is 1.61. The van der Waals surface area contributed by atoms with Crippen molar-refractivity contribution in [2.24, 2.45) is 5.92 Å². The maximum atomic E-state index is 5.25. The number of methoxy groups -OCH3 is 2. The number of benzene rings is 2. The van der Waals surface area contributed by atoms with Crippen LogP contribution < -0.4 is 9.47 Å². The second kappa shape index (κ2) is 16.6. The molecule has 1 atom stereocenters. The average Bonchev–Trinajstić information content (AvgIpc) is 2.82. The van der Waals surface area contributed by atoms with Crippen molar-refractivity contribution >= 4 is 31.9 Å². The van der Waals surface area contributed by atoms with E-state index >= 15 is 0 Å². The smallest absolute Gasteiger partial charge is 0.118 e. The molecule has 4 heteroatoms. The molecule has 2 aromatic carbocycles. The van der Waals surface area contributed by atoms with Gasteiger partial charge in [-0.1, -0.05) is 94.7 Å². The van der Waals surface area contributed by atoms with Gasteiger partial charge in [0, 0.05) is 0 Å². The summed E-state index contributed by atoms with van der Waals surface area (Å²) in [5.41, 5.74) is 2.83. The number of ether oxygens (including phenoxy) is 2. The molecule has 2 rings (SSSR count). The number of halogens is 2. The summed E-state index contributed by atoms with van der Waals surface area (Å²) in [6.07, 6.45) is 15.5. The minimum absolute atomic E-state index is 0.446. The molecule has 178 valence electrons. The third-order valence-electron chi connectivity index (χ3n) is 6.27. The summed E-state index contributed by atoms with van der Waals surface area (Å²) in [6, 6.07) is 17.0. The lowest BCUT2D eigenvalue weighted by Gasteiger charge is -2.17. The minimum Gasteiger partial charge on any atom is -0.497 e. The van der Waals surface area contributed by atoms with Gasteiger partial charge in [0.1, 0.15) is 11.5 Å². The molecule has 0 amide bonds. The second-order valence-electron chi connectivity index (χ2n) is 8.73. The lowest BCUT2D eigenvalue weighted by molar-refractivity contribution is 0.381. The van der Waals surface area contributed by atoms with Gasteiger partial charge in [0.05, 0.1) is 18.0 Å². The van der Waals surface area contributed by atoms with Gasteiger partial charge >= 0.3 is 0 Å². The first-order valence-corrected chi connectivity index (χ1v) is 14.0. The van der Waals surface area contributed by atoms with Crippen LogP contribution >= 0.6 is 31.9 Å². The molecule has 0 radical (unpaired) electrons. The Bertz CT molecular complexity index is 713. The van der Waals surface area contributed by atoms with Gasteiger partial charge in [0.25, 0.3) is 0 Å². The highest BCUT2D eigenvalue weighted by molar-refractivity contribution is 9.24. The number of unbranched alkanes of at least 4 members (excludes halogenated alkanes) is 4. The van der Waals surface area contributed by atoms with E-state index in [1.165, 1.54) is 88.2 Å². The maximum absolute atomic E-state index is 5.25. The molecule has 2 nitrogen and oxygen atoms in total. The third-order valence-corrected chi connectivity index (χ3v) is 7.18. The van der Waals surface area contributed by atoms with E-state index in [9.17, 15) is 0 Å². The van der Waals surface area contributed by atoms with Gasteiger partial charge in [-0.05, 0) is 79.8 Å². The zero-order chi connectivity index (χ0) is 23.0. The van der Waals surface area contributed by atoms with E-state index in [1.807, 2.05) is 0 Å². The molecule has 0 saturated carbocycles. The van der Waals surface area contributed by atoms with Gasteiger partial charge in [-0.25, -0.2) is 0 Å². The summed E-state index contributed by atoms with van der Waals surface area (Å²) >= 11 is 7.32. The van der Waals surface area contributed by atoms with Crippen LogP contribution in [-0.4, -0.2) is 18.0 Å². The predicted octanol–water partition coefficient (Wildman–Crippen LogP) is 9.12. The standard InChI is InChI=1S/C28H40Br2O2/c1-31-26-18-13-24(14-19-26)10-6-4-3-5-9-23(17-22-28(29)30)11-7-8-12-25-15-20-27(32-2)21-16-25/h13-16,18-21,23,28H,3-12,17,22H2,1-2H3. The fourth-order valence-electron chi connectivity index (χ4n) is 4.26. The van der Waals surface area contributed by atoms with Crippen molar-refractivity contribution in [3.8, 4) is 11.5 Å². The summed E-state index contributed by atoms with van der Waals surface area (Å²) in [6.45, 7) is 0. The van der Waals surface area contributed by atoms with Gasteiger partial charge in [-0.15, -0.1) is 0 Å².